The number of anilines is 3. The van der Waals surface area contributed by atoms with Crippen molar-refractivity contribution in [3.05, 3.63) is 137 Å². The molecule has 0 radical (unpaired) electrons. The number of sulfone groups is 1. The van der Waals surface area contributed by atoms with E-state index in [-0.39, 0.29) is 12.3 Å². The first-order chi connectivity index (χ1) is 27.3. The van der Waals surface area contributed by atoms with Crippen molar-refractivity contribution < 1.29 is 41.0 Å². The molecule has 16 heteroatoms. The molecule has 1 heterocycles. The van der Waals surface area contributed by atoms with Crippen molar-refractivity contribution in [1.82, 2.24) is 4.98 Å². The first kappa shape index (κ1) is 41.9. The molecule has 0 saturated heterocycles. The van der Waals surface area contributed by atoms with Gasteiger partial charge < -0.3 is 29.0 Å². The molecule has 296 valence electrons. The lowest BCUT2D eigenvalue weighted by Crippen LogP contribution is -2.32. The highest BCUT2D eigenvalue weighted by Crippen LogP contribution is 2.35. The molecule has 0 aliphatic rings. The van der Waals surface area contributed by atoms with Gasteiger partial charge in [-0.1, -0.05) is 36.4 Å². The van der Waals surface area contributed by atoms with Gasteiger partial charge in [-0.3, -0.25) is 23.1 Å². The zero-order valence-electron chi connectivity index (χ0n) is 31.4. The number of nitriles is 1. The standard InChI is InChI=1S/C41H41N5O9S2/c1-29-37(7-4-8-38(29)46(56(49)50)28-57(3,51)52)45(26-32-11-9-30(24-42)10-12-32)27-33-13-15-34(16-14-33)55-35-17-18-36(44-40(47)23-41(48)53-2)39(22-35)54-21-19-31-6-5-20-43-25-31/h4-18,20,22,25H,19,21,23,26-28H2,1-3H3,(H,44,47)(H,49,50)/p-1. The molecule has 4 aromatic carbocycles. The number of aromatic nitrogens is 1. The number of amides is 1. The van der Waals surface area contributed by atoms with Crippen molar-refractivity contribution in [1.29, 1.82) is 5.26 Å². The molecule has 0 aliphatic carbocycles. The molecular weight excluding hydrogens is 771 g/mol. The SMILES string of the molecule is COC(=O)CC(=O)Nc1ccc(Oc2ccc(CN(Cc3ccc(C#N)cc3)c3cccc(N(CS(C)(=O)=O)S(=O)[O-])c3C)cc2)cc1OCCc1cccnc1. The Bertz CT molecular complexity index is 2350. The Hall–Kier alpha value is -6.28. The Kier molecular flexibility index (Phi) is 14.4. The fourth-order valence-corrected chi connectivity index (χ4v) is 7.63. The maximum absolute atomic E-state index is 12.5. The molecule has 1 N–H and O–H groups in total. The predicted molar refractivity (Wildman–Crippen MR) is 215 cm³/mol. The summed E-state index contributed by atoms with van der Waals surface area (Å²) in [4.78, 5) is 30.3. The molecular formula is C41H40N5O9S2-. The summed E-state index contributed by atoms with van der Waals surface area (Å²) in [6.45, 7) is 2.76. The van der Waals surface area contributed by atoms with Gasteiger partial charge in [-0.05, 0) is 83.8 Å². The molecule has 1 atom stereocenters. The van der Waals surface area contributed by atoms with E-state index < -0.39 is 45.3 Å². The predicted octanol–water partition coefficient (Wildman–Crippen LogP) is 5.99. The molecule has 0 fully saturated rings. The number of methoxy groups -OCH3 is 1. The zero-order chi connectivity index (χ0) is 41.0. The summed E-state index contributed by atoms with van der Waals surface area (Å²) < 4.78 is 66.3. The number of hydrogen-bond donors (Lipinski definition) is 1. The third kappa shape index (κ3) is 12.4. The van der Waals surface area contributed by atoms with E-state index in [1.807, 2.05) is 47.4 Å². The number of nitrogens with zero attached hydrogens (tertiary/aromatic N) is 4. The Balaban J connectivity index is 1.38. The van der Waals surface area contributed by atoms with Gasteiger partial charge in [-0.2, -0.15) is 5.26 Å². The number of pyridine rings is 1. The van der Waals surface area contributed by atoms with E-state index in [0.29, 0.717) is 59.3 Å². The fraction of sp³-hybridized carbons (Fsp3) is 0.220. The lowest BCUT2D eigenvalue weighted by atomic mass is 10.1. The first-order valence-corrected chi connectivity index (χ1v) is 20.6. The average molecular weight is 811 g/mol. The third-order valence-corrected chi connectivity index (χ3v) is 10.1. The summed E-state index contributed by atoms with van der Waals surface area (Å²) in [5, 5.41) is 12.0. The van der Waals surface area contributed by atoms with Gasteiger partial charge in [0.2, 0.25) is 5.91 Å². The maximum atomic E-state index is 12.5. The number of hydrogen-bond acceptors (Lipinski definition) is 12. The van der Waals surface area contributed by atoms with Crippen LogP contribution in [0.15, 0.2) is 109 Å². The normalized spacial score (nSPS) is 11.5. The van der Waals surface area contributed by atoms with Gasteiger partial charge in [0.1, 0.15) is 29.5 Å². The van der Waals surface area contributed by atoms with Crippen LogP contribution in [0.1, 0.15) is 34.2 Å². The fourth-order valence-electron chi connectivity index (χ4n) is 5.79. The van der Waals surface area contributed by atoms with Gasteiger partial charge >= 0.3 is 5.97 Å². The van der Waals surface area contributed by atoms with E-state index in [0.717, 1.165) is 27.3 Å². The average Bonchev–Trinajstić information content (AvgIpc) is 3.19. The minimum atomic E-state index is -3.69. The summed E-state index contributed by atoms with van der Waals surface area (Å²) in [5.74, 6) is -0.689. The molecule has 14 nitrogen and oxygen atoms in total. The number of carbonyl (C=O) groups excluding carboxylic acids is 2. The molecule has 1 aromatic heterocycles. The topological polar surface area (TPSA) is 191 Å². The number of rotatable bonds is 18. The first-order valence-electron chi connectivity index (χ1n) is 17.5. The van der Waals surface area contributed by atoms with Crippen molar-refractivity contribution in [2.75, 3.05) is 40.4 Å². The largest absolute Gasteiger partial charge is 0.755 e. The van der Waals surface area contributed by atoms with Crippen molar-refractivity contribution >= 4 is 50.0 Å². The Morgan fingerprint density at radius 1 is 0.912 bits per heavy atom. The molecule has 57 heavy (non-hydrogen) atoms. The van der Waals surface area contributed by atoms with Crippen LogP contribution in [0.5, 0.6) is 17.2 Å². The number of nitrogens with one attached hydrogen (secondary N) is 1. The van der Waals surface area contributed by atoms with Gasteiger partial charge in [0.15, 0.2) is 9.84 Å². The van der Waals surface area contributed by atoms with E-state index in [1.54, 1.807) is 73.9 Å². The summed E-state index contributed by atoms with van der Waals surface area (Å²) in [5.41, 5.74) is 5.06. The van der Waals surface area contributed by atoms with Crippen molar-refractivity contribution in [3.63, 3.8) is 0 Å². The zero-order valence-corrected chi connectivity index (χ0v) is 33.0. The summed E-state index contributed by atoms with van der Waals surface area (Å²) in [7, 11) is -2.48. The lowest BCUT2D eigenvalue weighted by Gasteiger charge is -2.31. The van der Waals surface area contributed by atoms with Crippen LogP contribution in [0.2, 0.25) is 0 Å². The second-order valence-corrected chi connectivity index (χ2v) is 15.9. The van der Waals surface area contributed by atoms with Crippen LogP contribution in [0, 0.1) is 18.3 Å². The molecule has 5 rings (SSSR count). The van der Waals surface area contributed by atoms with Crippen LogP contribution in [0.25, 0.3) is 0 Å². The highest BCUT2D eigenvalue weighted by Gasteiger charge is 2.21. The van der Waals surface area contributed by atoms with Crippen LogP contribution in [-0.2, 0) is 54.9 Å². The van der Waals surface area contributed by atoms with Crippen LogP contribution in [-0.4, -0.2) is 59.9 Å². The Labute approximate surface area is 334 Å². The summed E-state index contributed by atoms with van der Waals surface area (Å²) >= 11 is -2.85. The number of ether oxygens (including phenoxy) is 3. The summed E-state index contributed by atoms with van der Waals surface area (Å²) in [6.07, 6.45) is 4.48. The third-order valence-electron chi connectivity index (χ3n) is 8.54. The van der Waals surface area contributed by atoms with E-state index >= 15 is 0 Å². The number of esters is 1. The van der Waals surface area contributed by atoms with Crippen LogP contribution < -0.4 is 24.0 Å². The van der Waals surface area contributed by atoms with Crippen LogP contribution in [0.3, 0.4) is 0 Å². The van der Waals surface area contributed by atoms with E-state index in [1.165, 1.54) is 7.11 Å². The lowest BCUT2D eigenvalue weighted by molar-refractivity contribution is -0.142. The summed E-state index contributed by atoms with van der Waals surface area (Å²) in [6, 6.07) is 30.4. The molecule has 0 saturated carbocycles. The second kappa shape index (κ2) is 19.5. The van der Waals surface area contributed by atoms with Gasteiger partial charge in [-0.15, -0.1) is 0 Å². The second-order valence-electron chi connectivity index (χ2n) is 12.9. The van der Waals surface area contributed by atoms with Crippen molar-refractivity contribution in [2.24, 2.45) is 0 Å². The smallest absolute Gasteiger partial charge is 0.315 e. The van der Waals surface area contributed by atoms with E-state index in [9.17, 15) is 32.0 Å². The van der Waals surface area contributed by atoms with Crippen molar-refractivity contribution in [2.45, 2.75) is 32.9 Å². The maximum Gasteiger partial charge on any atom is 0.315 e. The number of benzene rings is 4. The molecule has 0 aliphatic heterocycles. The van der Waals surface area contributed by atoms with E-state index in [2.05, 4.69) is 21.1 Å². The molecule has 0 bridgehead atoms. The minimum Gasteiger partial charge on any atom is -0.755 e. The van der Waals surface area contributed by atoms with Crippen LogP contribution in [0.4, 0.5) is 17.1 Å². The minimum absolute atomic E-state index is 0.231. The Morgan fingerprint density at radius 2 is 1.58 bits per heavy atom. The quantitative estimate of drug-likeness (QED) is 0.0619. The van der Waals surface area contributed by atoms with Crippen molar-refractivity contribution in [3.8, 4) is 23.3 Å². The molecule has 0 spiro atoms. The molecule has 1 unspecified atom stereocenters. The highest BCUT2D eigenvalue weighted by molar-refractivity contribution is 7.92. The number of carbonyl (C=O) groups is 2. The highest BCUT2D eigenvalue weighted by atomic mass is 32.2. The van der Waals surface area contributed by atoms with Gasteiger partial charge in [0, 0.05) is 61.2 Å². The van der Waals surface area contributed by atoms with Gasteiger partial charge in [-0.25, -0.2) is 8.42 Å². The molecule has 1 amide bonds. The van der Waals surface area contributed by atoms with E-state index in [4.69, 9.17) is 9.47 Å². The Morgan fingerprint density at radius 3 is 2.19 bits per heavy atom. The molecule has 5 aromatic rings. The van der Waals surface area contributed by atoms with Gasteiger partial charge in [0.25, 0.3) is 0 Å². The monoisotopic (exact) mass is 810 g/mol. The van der Waals surface area contributed by atoms with Gasteiger partial charge in [0.05, 0.1) is 36.7 Å². The van der Waals surface area contributed by atoms with Crippen LogP contribution >= 0.6 is 0 Å².